The van der Waals surface area contributed by atoms with Gasteiger partial charge in [-0.3, -0.25) is 5.11 Å². The van der Waals surface area contributed by atoms with Gasteiger partial charge >= 0.3 is 0 Å². The Labute approximate surface area is 149 Å². The number of benzene rings is 1. The van der Waals surface area contributed by atoms with E-state index in [1.165, 1.54) is 6.08 Å². The van der Waals surface area contributed by atoms with Crippen LogP contribution in [0.2, 0.25) is 5.15 Å². The molecule has 0 spiro atoms. The largest absolute Gasteiger partial charge is 0.471 e. The Morgan fingerprint density at radius 2 is 1.83 bits per heavy atom. The zero-order valence-corrected chi connectivity index (χ0v) is 15.4. The molecule has 0 amide bonds. The Bertz CT molecular complexity index is 639. The van der Waals surface area contributed by atoms with Crippen molar-refractivity contribution in [3.05, 3.63) is 64.8 Å². The van der Waals surface area contributed by atoms with E-state index < -0.39 is 0 Å². The van der Waals surface area contributed by atoms with Crippen LogP contribution in [0.1, 0.15) is 37.7 Å². The lowest BCUT2D eigenvalue weighted by molar-refractivity contribution is 0.286. The zero-order valence-electron chi connectivity index (χ0n) is 14.6. The van der Waals surface area contributed by atoms with Crippen molar-refractivity contribution in [2.75, 3.05) is 0 Å². The Balaban J connectivity index is 0.000000648. The molecule has 0 aliphatic rings. The Morgan fingerprint density at radius 3 is 2.38 bits per heavy atom. The van der Waals surface area contributed by atoms with Crippen LogP contribution in [-0.4, -0.2) is 9.97 Å². The lowest BCUT2D eigenvalue weighted by Gasteiger charge is -2.13. The number of allylic oxidation sites excluding steroid dienone is 1. The predicted molar refractivity (Wildman–Crippen MR) is 96.6 cm³/mol. The predicted octanol–water partition coefficient (Wildman–Crippen LogP) is 5.17. The third-order valence-corrected chi connectivity index (χ3v) is 3.36. The highest BCUT2D eigenvalue weighted by Gasteiger charge is 2.13. The minimum absolute atomic E-state index is 0.452. The van der Waals surface area contributed by atoms with Crippen LogP contribution in [0.4, 0.5) is 0 Å². The summed E-state index contributed by atoms with van der Waals surface area (Å²) in [4.78, 5) is 8.83. The average molecular weight is 348 g/mol. The van der Waals surface area contributed by atoms with E-state index in [1.807, 2.05) is 37.3 Å². The van der Waals surface area contributed by atoms with Crippen molar-refractivity contribution in [2.24, 2.45) is 5.92 Å². The maximum atomic E-state index is 9.12. The van der Waals surface area contributed by atoms with E-state index >= 15 is 0 Å². The zero-order chi connectivity index (χ0) is 17.9. The maximum Gasteiger partial charge on any atom is 0.236 e. The van der Waals surface area contributed by atoms with Gasteiger partial charge in [-0.2, -0.15) is 0 Å². The van der Waals surface area contributed by atoms with Crippen LogP contribution < -0.4 is 4.74 Å². The molecule has 24 heavy (non-hydrogen) atoms. The van der Waals surface area contributed by atoms with E-state index in [-0.39, 0.29) is 0 Å². The SMILES string of the molecule is CC=C[O].Cc1nc(OCc2ccccc2)c(CC(C)C)nc1Cl. The van der Waals surface area contributed by atoms with E-state index in [1.54, 1.807) is 6.92 Å². The first-order valence-electron chi connectivity index (χ1n) is 7.90. The summed E-state index contributed by atoms with van der Waals surface area (Å²) in [6.45, 7) is 8.28. The smallest absolute Gasteiger partial charge is 0.236 e. The van der Waals surface area contributed by atoms with Gasteiger partial charge in [0.25, 0.3) is 0 Å². The van der Waals surface area contributed by atoms with Crippen molar-refractivity contribution >= 4 is 11.6 Å². The highest BCUT2D eigenvalue weighted by Crippen LogP contribution is 2.22. The van der Waals surface area contributed by atoms with Crippen LogP contribution in [0.5, 0.6) is 5.88 Å². The van der Waals surface area contributed by atoms with E-state index in [2.05, 4.69) is 23.8 Å². The van der Waals surface area contributed by atoms with Crippen molar-refractivity contribution in [1.82, 2.24) is 9.97 Å². The number of hydrogen-bond donors (Lipinski definition) is 0. The fraction of sp³-hybridized carbons (Fsp3) is 0.368. The second-order valence-electron chi connectivity index (χ2n) is 5.69. The topological polar surface area (TPSA) is 54.9 Å². The molecule has 0 bridgehead atoms. The molecule has 0 atom stereocenters. The number of aryl methyl sites for hydroxylation is 1. The van der Waals surface area contributed by atoms with Gasteiger partial charge < -0.3 is 4.74 Å². The Kier molecular flexibility index (Phi) is 8.87. The molecule has 0 aliphatic carbocycles. The molecular weight excluding hydrogens is 324 g/mol. The molecule has 0 N–H and O–H groups in total. The summed E-state index contributed by atoms with van der Waals surface area (Å²) < 4.78 is 5.83. The molecule has 0 aliphatic heterocycles. The minimum atomic E-state index is 0.452. The molecule has 0 unspecified atom stereocenters. The molecule has 1 aromatic carbocycles. The molecule has 0 saturated heterocycles. The highest BCUT2D eigenvalue weighted by atomic mass is 35.5. The van der Waals surface area contributed by atoms with Gasteiger partial charge in [0.1, 0.15) is 18.6 Å². The van der Waals surface area contributed by atoms with Gasteiger partial charge in [0.2, 0.25) is 5.88 Å². The molecule has 1 heterocycles. The van der Waals surface area contributed by atoms with Gasteiger partial charge in [-0.05, 0) is 37.8 Å². The lowest BCUT2D eigenvalue weighted by atomic mass is 10.1. The minimum Gasteiger partial charge on any atom is -0.471 e. The van der Waals surface area contributed by atoms with E-state index in [4.69, 9.17) is 21.4 Å². The van der Waals surface area contributed by atoms with Crippen molar-refractivity contribution < 1.29 is 9.84 Å². The normalized spacial score (nSPS) is 10.6. The summed E-state index contributed by atoms with van der Waals surface area (Å²) >= 11 is 6.06. The van der Waals surface area contributed by atoms with Crippen LogP contribution in [-0.2, 0) is 18.1 Å². The highest BCUT2D eigenvalue weighted by molar-refractivity contribution is 6.30. The van der Waals surface area contributed by atoms with Crippen molar-refractivity contribution in [3.8, 4) is 5.88 Å². The molecule has 2 aromatic rings. The van der Waals surface area contributed by atoms with Crippen molar-refractivity contribution in [2.45, 2.75) is 40.7 Å². The van der Waals surface area contributed by atoms with Crippen LogP contribution >= 0.6 is 11.6 Å². The first-order chi connectivity index (χ1) is 11.5. The molecule has 4 nitrogen and oxygen atoms in total. The van der Waals surface area contributed by atoms with Gasteiger partial charge in [-0.1, -0.05) is 55.8 Å². The van der Waals surface area contributed by atoms with E-state index in [9.17, 15) is 0 Å². The quantitative estimate of drug-likeness (QED) is 0.701. The molecule has 1 radical (unpaired) electrons. The Morgan fingerprint density at radius 1 is 1.21 bits per heavy atom. The van der Waals surface area contributed by atoms with Crippen molar-refractivity contribution in [3.63, 3.8) is 0 Å². The summed E-state index contributed by atoms with van der Waals surface area (Å²) in [5, 5.41) is 9.57. The van der Waals surface area contributed by atoms with Crippen LogP contribution in [0.15, 0.2) is 42.7 Å². The average Bonchev–Trinajstić information content (AvgIpc) is 2.57. The van der Waals surface area contributed by atoms with Crippen LogP contribution in [0, 0.1) is 12.8 Å². The fourth-order valence-corrected chi connectivity index (χ4v) is 2.02. The van der Waals surface area contributed by atoms with E-state index in [0.29, 0.717) is 29.3 Å². The van der Waals surface area contributed by atoms with Gasteiger partial charge in [-0.25, -0.2) is 9.97 Å². The maximum absolute atomic E-state index is 9.12. The number of rotatable bonds is 5. The molecule has 0 fully saturated rings. The second kappa shape index (κ2) is 10.7. The van der Waals surface area contributed by atoms with Crippen molar-refractivity contribution in [1.29, 1.82) is 0 Å². The monoisotopic (exact) mass is 347 g/mol. The summed E-state index contributed by atoms with van der Waals surface area (Å²) in [5.74, 6) is 1.06. The standard InChI is InChI=1S/C16H19ClN2O.C3H5O/c1-11(2)9-14-16(18-12(3)15(17)19-14)20-10-13-7-5-4-6-8-13;1-2-3-4/h4-8,11H,9-10H2,1-3H3;2-3H,1H3. The lowest BCUT2D eigenvalue weighted by Crippen LogP contribution is -2.07. The molecule has 2 rings (SSSR count). The third-order valence-electron chi connectivity index (χ3n) is 3.00. The third kappa shape index (κ3) is 7.01. The summed E-state index contributed by atoms with van der Waals surface area (Å²) in [6.07, 6.45) is 3.00. The molecule has 1 aromatic heterocycles. The fourth-order valence-electron chi connectivity index (χ4n) is 1.87. The van der Waals surface area contributed by atoms with E-state index in [0.717, 1.165) is 23.9 Å². The van der Waals surface area contributed by atoms with Gasteiger partial charge in [-0.15, -0.1) is 0 Å². The molecule has 129 valence electrons. The van der Waals surface area contributed by atoms with Crippen LogP contribution in [0.3, 0.4) is 0 Å². The molecule has 0 saturated carbocycles. The number of nitrogens with zero attached hydrogens (tertiary/aromatic N) is 2. The van der Waals surface area contributed by atoms with Gasteiger partial charge in [0, 0.05) is 0 Å². The first kappa shape index (κ1) is 20.0. The number of ether oxygens (including phenoxy) is 1. The summed E-state index contributed by atoms with van der Waals surface area (Å²) in [6, 6.07) is 10.0. The molecule has 5 heteroatoms. The summed E-state index contributed by atoms with van der Waals surface area (Å²) in [5.41, 5.74) is 2.63. The number of hydrogen-bond acceptors (Lipinski definition) is 3. The Hall–Kier alpha value is -2.07. The van der Waals surface area contributed by atoms with Crippen LogP contribution in [0.25, 0.3) is 0 Å². The first-order valence-corrected chi connectivity index (χ1v) is 8.28. The summed E-state index contributed by atoms with van der Waals surface area (Å²) in [7, 11) is 0. The second-order valence-corrected chi connectivity index (χ2v) is 6.05. The van der Waals surface area contributed by atoms with Gasteiger partial charge in [0.05, 0.1) is 5.69 Å². The van der Waals surface area contributed by atoms with Gasteiger partial charge in [0.15, 0.2) is 5.15 Å². The number of halogens is 1. The molecular formula is C19H24ClN2O2. The number of aromatic nitrogens is 2.